The number of primary amides is 1. The first-order chi connectivity index (χ1) is 14.3. The molecular weight excluding hydrogens is 390 g/mol. The van der Waals surface area contributed by atoms with Gasteiger partial charge in [-0.25, -0.2) is 0 Å². The monoisotopic (exact) mass is 411 g/mol. The SMILES string of the molecule is NC(=O)c1ccccc1NC(=O)CN1CCN(C(=O)c2ccc([N+](=O)[O-])cc2)CC1. The maximum absolute atomic E-state index is 12.6. The van der Waals surface area contributed by atoms with Gasteiger partial charge in [0.05, 0.1) is 22.7 Å². The fourth-order valence-electron chi connectivity index (χ4n) is 3.22. The third-order valence-corrected chi connectivity index (χ3v) is 4.82. The van der Waals surface area contributed by atoms with Crippen molar-refractivity contribution in [3.8, 4) is 0 Å². The number of nitrogens with two attached hydrogens (primary N) is 1. The van der Waals surface area contributed by atoms with Crippen molar-refractivity contribution in [3.05, 3.63) is 69.8 Å². The molecule has 1 heterocycles. The molecule has 1 aliphatic rings. The normalized spacial score (nSPS) is 14.2. The van der Waals surface area contributed by atoms with E-state index in [1.807, 2.05) is 4.90 Å². The Hall–Kier alpha value is -3.79. The van der Waals surface area contributed by atoms with Crippen LogP contribution in [0.2, 0.25) is 0 Å². The Bertz CT molecular complexity index is 968. The largest absolute Gasteiger partial charge is 0.366 e. The number of para-hydroxylation sites is 1. The van der Waals surface area contributed by atoms with Gasteiger partial charge in [-0.05, 0) is 24.3 Å². The first-order valence-corrected chi connectivity index (χ1v) is 9.30. The van der Waals surface area contributed by atoms with E-state index < -0.39 is 10.8 Å². The van der Waals surface area contributed by atoms with Crippen LogP contribution in [0.4, 0.5) is 11.4 Å². The van der Waals surface area contributed by atoms with Crippen LogP contribution in [-0.2, 0) is 4.79 Å². The molecule has 0 atom stereocenters. The number of hydrogen-bond acceptors (Lipinski definition) is 6. The molecule has 1 fully saturated rings. The van der Waals surface area contributed by atoms with Crippen molar-refractivity contribution in [3.63, 3.8) is 0 Å². The molecule has 2 aromatic carbocycles. The molecule has 3 rings (SSSR count). The van der Waals surface area contributed by atoms with Crippen LogP contribution in [0.1, 0.15) is 20.7 Å². The molecule has 0 spiro atoms. The van der Waals surface area contributed by atoms with E-state index in [9.17, 15) is 24.5 Å². The van der Waals surface area contributed by atoms with Crippen LogP contribution in [-0.4, -0.2) is 65.2 Å². The number of nitro groups is 1. The number of benzene rings is 2. The minimum atomic E-state index is -0.621. The van der Waals surface area contributed by atoms with E-state index in [-0.39, 0.29) is 29.6 Å². The zero-order chi connectivity index (χ0) is 21.7. The zero-order valence-corrected chi connectivity index (χ0v) is 16.1. The van der Waals surface area contributed by atoms with E-state index in [0.717, 1.165) is 0 Å². The lowest BCUT2D eigenvalue weighted by atomic mass is 10.1. The number of carbonyl (C=O) groups excluding carboxylic acids is 3. The van der Waals surface area contributed by atoms with Crippen LogP contribution in [0.5, 0.6) is 0 Å². The summed E-state index contributed by atoms with van der Waals surface area (Å²) >= 11 is 0. The Morgan fingerprint density at radius 2 is 1.63 bits per heavy atom. The van der Waals surface area contributed by atoms with Crippen LogP contribution in [0.15, 0.2) is 48.5 Å². The van der Waals surface area contributed by atoms with E-state index in [0.29, 0.717) is 37.4 Å². The number of amides is 3. The van der Waals surface area contributed by atoms with E-state index in [1.54, 1.807) is 29.2 Å². The number of nitro benzene ring substituents is 1. The van der Waals surface area contributed by atoms with Gasteiger partial charge < -0.3 is 16.0 Å². The Morgan fingerprint density at radius 1 is 1.00 bits per heavy atom. The topological polar surface area (TPSA) is 139 Å². The molecule has 0 bridgehead atoms. The Morgan fingerprint density at radius 3 is 2.23 bits per heavy atom. The molecular formula is C20H21N5O5. The molecule has 30 heavy (non-hydrogen) atoms. The standard InChI is InChI=1S/C20H21N5O5/c21-19(27)16-3-1-2-4-17(16)22-18(26)13-23-9-11-24(12-10-23)20(28)14-5-7-15(8-6-14)25(29)30/h1-8H,9-13H2,(H2,21,27)(H,22,26). The summed E-state index contributed by atoms with van der Waals surface area (Å²) in [5.41, 5.74) is 6.24. The van der Waals surface area contributed by atoms with Gasteiger partial charge in [0.15, 0.2) is 0 Å². The predicted molar refractivity (Wildman–Crippen MR) is 109 cm³/mol. The highest BCUT2D eigenvalue weighted by molar-refractivity contribution is 6.03. The van der Waals surface area contributed by atoms with Gasteiger partial charge in [-0.15, -0.1) is 0 Å². The molecule has 0 aliphatic carbocycles. The molecule has 0 unspecified atom stereocenters. The van der Waals surface area contributed by atoms with Crippen molar-refractivity contribution < 1.29 is 19.3 Å². The number of nitrogens with one attached hydrogen (secondary N) is 1. The zero-order valence-electron chi connectivity index (χ0n) is 16.1. The molecule has 3 N–H and O–H groups in total. The fourth-order valence-corrected chi connectivity index (χ4v) is 3.22. The van der Waals surface area contributed by atoms with Crippen molar-refractivity contribution in [2.75, 3.05) is 38.0 Å². The minimum absolute atomic E-state index is 0.0692. The lowest BCUT2D eigenvalue weighted by Gasteiger charge is -2.34. The van der Waals surface area contributed by atoms with Gasteiger partial charge in [0.2, 0.25) is 5.91 Å². The molecule has 0 aromatic heterocycles. The van der Waals surface area contributed by atoms with E-state index in [4.69, 9.17) is 5.73 Å². The highest BCUT2D eigenvalue weighted by atomic mass is 16.6. The second-order valence-electron chi connectivity index (χ2n) is 6.83. The van der Waals surface area contributed by atoms with Crippen molar-refractivity contribution in [1.82, 2.24) is 9.80 Å². The summed E-state index contributed by atoms with van der Waals surface area (Å²) < 4.78 is 0. The number of hydrogen-bond donors (Lipinski definition) is 2. The van der Waals surface area contributed by atoms with Crippen molar-refractivity contribution in [2.24, 2.45) is 5.73 Å². The predicted octanol–water partition coefficient (Wildman–Crippen LogP) is 1.09. The molecule has 10 heteroatoms. The molecule has 0 radical (unpaired) electrons. The first kappa shape index (κ1) is 20.9. The molecule has 156 valence electrons. The summed E-state index contributed by atoms with van der Waals surface area (Å²) in [4.78, 5) is 50.1. The highest BCUT2D eigenvalue weighted by Gasteiger charge is 2.24. The fraction of sp³-hybridized carbons (Fsp3) is 0.250. The van der Waals surface area contributed by atoms with Gasteiger partial charge >= 0.3 is 0 Å². The van der Waals surface area contributed by atoms with Gasteiger partial charge in [-0.1, -0.05) is 12.1 Å². The highest BCUT2D eigenvalue weighted by Crippen LogP contribution is 2.16. The minimum Gasteiger partial charge on any atom is -0.366 e. The van der Waals surface area contributed by atoms with E-state index in [2.05, 4.69) is 5.32 Å². The molecule has 3 amide bonds. The molecule has 10 nitrogen and oxygen atoms in total. The summed E-state index contributed by atoms with van der Waals surface area (Å²) in [6, 6.07) is 12.0. The third-order valence-electron chi connectivity index (χ3n) is 4.82. The lowest BCUT2D eigenvalue weighted by Crippen LogP contribution is -2.50. The van der Waals surface area contributed by atoms with Gasteiger partial charge in [-0.3, -0.25) is 29.4 Å². The quantitative estimate of drug-likeness (QED) is 0.539. The second-order valence-corrected chi connectivity index (χ2v) is 6.83. The van der Waals surface area contributed by atoms with Gasteiger partial charge in [-0.2, -0.15) is 0 Å². The third kappa shape index (κ3) is 4.97. The van der Waals surface area contributed by atoms with Crippen molar-refractivity contribution in [1.29, 1.82) is 0 Å². The van der Waals surface area contributed by atoms with E-state index in [1.165, 1.54) is 24.3 Å². The van der Waals surface area contributed by atoms with Crippen LogP contribution >= 0.6 is 0 Å². The average Bonchev–Trinajstić information content (AvgIpc) is 2.74. The smallest absolute Gasteiger partial charge is 0.269 e. The summed E-state index contributed by atoms with van der Waals surface area (Å²) in [7, 11) is 0. The van der Waals surface area contributed by atoms with Gasteiger partial charge in [0, 0.05) is 43.9 Å². The van der Waals surface area contributed by atoms with Crippen LogP contribution in [0.25, 0.3) is 0 Å². The van der Waals surface area contributed by atoms with Crippen molar-refractivity contribution >= 4 is 29.1 Å². The number of piperazine rings is 1. The Kier molecular flexibility index (Phi) is 6.38. The summed E-state index contributed by atoms with van der Waals surface area (Å²) in [6.07, 6.45) is 0. The van der Waals surface area contributed by atoms with E-state index >= 15 is 0 Å². The van der Waals surface area contributed by atoms with Crippen molar-refractivity contribution in [2.45, 2.75) is 0 Å². The molecule has 1 aliphatic heterocycles. The van der Waals surface area contributed by atoms with Crippen LogP contribution < -0.4 is 11.1 Å². The summed E-state index contributed by atoms with van der Waals surface area (Å²) in [5, 5.41) is 13.4. The average molecular weight is 411 g/mol. The lowest BCUT2D eigenvalue weighted by molar-refractivity contribution is -0.384. The van der Waals surface area contributed by atoms with Crippen LogP contribution in [0, 0.1) is 10.1 Å². The number of nitrogens with zero attached hydrogens (tertiary/aromatic N) is 3. The number of non-ortho nitro benzene ring substituents is 1. The molecule has 0 saturated carbocycles. The maximum Gasteiger partial charge on any atom is 0.269 e. The van der Waals surface area contributed by atoms with Crippen LogP contribution in [0.3, 0.4) is 0 Å². The summed E-state index contributed by atoms with van der Waals surface area (Å²) in [5.74, 6) is -1.10. The second kappa shape index (κ2) is 9.14. The summed E-state index contributed by atoms with van der Waals surface area (Å²) in [6.45, 7) is 1.99. The maximum atomic E-state index is 12.6. The number of anilines is 1. The number of rotatable bonds is 6. The number of carbonyl (C=O) groups is 3. The first-order valence-electron chi connectivity index (χ1n) is 9.30. The van der Waals surface area contributed by atoms with Gasteiger partial charge in [0.25, 0.3) is 17.5 Å². The molecule has 1 saturated heterocycles. The Balaban J connectivity index is 1.52. The van der Waals surface area contributed by atoms with Gasteiger partial charge in [0.1, 0.15) is 0 Å². The Labute approximate surface area is 172 Å². The molecule has 2 aromatic rings.